The highest BCUT2D eigenvalue weighted by Crippen LogP contribution is 2.19. The van der Waals surface area contributed by atoms with Crippen LogP contribution in [0.25, 0.3) is 0 Å². The van der Waals surface area contributed by atoms with Gasteiger partial charge in [-0.25, -0.2) is 5.48 Å². The second kappa shape index (κ2) is 7.40. The number of hydrogen-bond acceptors (Lipinski definition) is 4. The first-order chi connectivity index (χ1) is 9.69. The number of carbonyl (C=O) groups excluding carboxylic acids is 2. The molecule has 0 unspecified atom stereocenters. The van der Waals surface area contributed by atoms with Crippen LogP contribution in [0, 0.1) is 0 Å². The Labute approximate surface area is 122 Å². The zero-order chi connectivity index (χ0) is 14.4. The normalized spacial score (nSPS) is 15.8. The van der Waals surface area contributed by atoms with E-state index in [0.29, 0.717) is 23.8 Å². The number of rotatable bonds is 5. The molecule has 20 heavy (non-hydrogen) atoms. The van der Waals surface area contributed by atoms with E-state index in [-0.39, 0.29) is 5.91 Å². The van der Waals surface area contributed by atoms with Gasteiger partial charge in [-0.15, -0.1) is 11.3 Å². The van der Waals surface area contributed by atoms with Crippen LogP contribution in [0.1, 0.15) is 53.1 Å². The van der Waals surface area contributed by atoms with Gasteiger partial charge in [0.05, 0.1) is 4.88 Å². The summed E-state index contributed by atoms with van der Waals surface area (Å²) in [6.07, 6.45) is 6.93. The zero-order valence-corrected chi connectivity index (χ0v) is 12.2. The van der Waals surface area contributed by atoms with Gasteiger partial charge >= 0.3 is 0 Å². The molecule has 2 rings (SSSR count). The zero-order valence-electron chi connectivity index (χ0n) is 11.4. The quantitative estimate of drug-likeness (QED) is 0.576. The largest absolute Gasteiger partial charge is 0.353 e. The Morgan fingerprint density at radius 1 is 1.25 bits per heavy atom. The van der Waals surface area contributed by atoms with Crippen molar-refractivity contribution in [1.82, 2.24) is 10.8 Å². The Morgan fingerprint density at radius 2 is 2.00 bits per heavy atom. The Kier molecular flexibility index (Phi) is 5.55. The number of amides is 2. The van der Waals surface area contributed by atoms with Gasteiger partial charge in [-0.2, -0.15) is 0 Å². The summed E-state index contributed by atoms with van der Waals surface area (Å²) in [6, 6.07) is 3.82. The lowest BCUT2D eigenvalue weighted by Gasteiger charge is -2.22. The van der Waals surface area contributed by atoms with E-state index >= 15 is 0 Å². The molecule has 0 bridgehead atoms. The molecule has 3 N–H and O–H groups in total. The van der Waals surface area contributed by atoms with Crippen molar-refractivity contribution in [2.24, 2.45) is 0 Å². The van der Waals surface area contributed by atoms with Gasteiger partial charge in [0.15, 0.2) is 0 Å². The van der Waals surface area contributed by atoms with Gasteiger partial charge in [0.2, 0.25) is 5.91 Å². The highest BCUT2D eigenvalue weighted by atomic mass is 32.1. The van der Waals surface area contributed by atoms with Crippen molar-refractivity contribution in [3.63, 3.8) is 0 Å². The predicted molar refractivity (Wildman–Crippen MR) is 76.9 cm³/mol. The van der Waals surface area contributed by atoms with E-state index in [1.165, 1.54) is 30.6 Å². The fourth-order valence-corrected chi connectivity index (χ4v) is 3.37. The highest BCUT2D eigenvalue weighted by molar-refractivity contribution is 7.14. The second-order valence-corrected chi connectivity index (χ2v) is 6.28. The summed E-state index contributed by atoms with van der Waals surface area (Å²) >= 11 is 1.30. The van der Waals surface area contributed by atoms with Gasteiger partial charge in [0.25, 0.3) is 5.91 Å². The van der Waals surface area contributed by atoms with Crippen molar-refractivity contribution in [1.29, 1.82) is 0 Å². The molecule has 1 aliphatic carbocycles. The van der Waals surface area contributed by atoms with E-state index in [2.05, 4.69) is 5.32 Å². The lowest BCUT2D eigenvalue weighted by Crippen LogP contribution is -2.36. The molecule has 1 saturated carbocycles. The third-order valence-corrected chi connectivity index (χ3v) is 4.70. The van der Waals surface area contributed by atoms with Crippen LogP contribution >= 0.6 is 11.3 Å². The van der Waals surface area contributed by atoms with Crippen LogP contribution in [-0.2, 0) is 11.2 Å². The van der Waals surface area contributed by atoms with Crippen LogP contribution in [0.2, 0.25) is 0 Å². The molecule has 0 radical (unpaired) electrons. The Balaban J connectivity index is 1.75. The minimum Gasteiger partial charge on any atom is -0.353 e. The average Bonchev–Trinajstić information content (AvgIpc) is 2.94. The molecule has 0 aliphatic heterocycles. The van der Waals surface area contributed by atoms with Crippen molar-refractivity contribution in [2.45, 2.75) is 51.0 Å². The van der Waals surface area contributed by atoms with Gasteiger partial charge in [0.1, 0.15) is 0 Å². The molecule has 6 heteroatoms. The molecule has 0 saturated heterocycles. The van der Waals surface area contributed by atoms with Crippen molar-refractivity contribution in [2.75, 3.05) is 0 Å². The molecule has 1 aromatic rings. The molecule has 5 nitrogen and oxygen atoms in total. The second-order valence-electron chi connectivity index (χ2n) is 5.11. The van der Waals surface area contributed by atoms with Crippen LogP contribution in [0.15, 0.2) is 12.1 Å². The summed E-state index contributed by atoms with van der Waals surface area (Å²) < 4.78 is 0. The number of hydroxylamine groups is 1. The van der Waals surface area contributed by atoms with Gasteiger partial charge in [-0.1, -0.05) is 19.3 Å². The molecule has 2 amide bonds. The summed E-state index contributed by atoms with van der Waals surface area (Å²) in [6.45, 7) is 0. The summed E-state index contributed by atoms with van der Waals surface area (Å²) in [4.78, 5) is 24.5. The molecule has 1 aliphatic rings. The summed E-state index contributed by atoms with van der Waals surface area (Å²) in [5, 5.41) is 11.6. The van der Waals surface area contributed by atoms with Crippen LogP contribution < -0.4 is 10.8 Å². The van der Waals surface area contributed by atoms with Crippen LogP contribution in [0.3, 0.4) is 0 Å². The van der Waals surface area contributed by atoms with Crippen molar-refractivity contribution in [3.8, 4) is 0 Å². The first kappa shape index (κ1) is 15.0. The first-order valence-electron chi connectivity index (χ1n) is 7.01. The monoisotopic (exact) mass is 296 g/mol. The third kappa shape index (κ3) is 4.31. The molecule has 1 heterocycles. The maximum atomic E-state index is 11.9. The van der Waals surface area contributed by atoms with E-state index in [1.807, 2.05) is 6.07 Å². The van der Waals surface area contributed by atoms with E-state index in [1.54, 1.807) is 11.5 Å². The van der Waals surface area contributed by atoms with Crippen molar-refractivity contribution in [3.05, 3.63) is 21.9 Å². The molecule has 0 aromatic carbocycles. The fourth-order valence-electron chi connectivity index (χ4n) is 2.47. The SMILES string of the molecule is O=C(CCc1ccc(C(=O)NO)s1)NC1CCCCC1. The van der Waals surface area contributed by atoms with E-state index in [4.69, 9.17) is 5.21 Å². The topological polar surface area (TPSA) is 78.4 Å². The number of thiophene rings is 1. The first-order valence-corrected chi connectivity index (χ1v) is 7.83. The molecule has 0 spiro atoms. The minimum absolute atomic E-state index is 0.0819. The number of aryl methyl sites for hydroxylation is 1. The maximum Gasteiger partial charge on any atom is 0.284 e. The lowest BCUT2D eigenvalue weighted by atomic mass is 9.95. The van der Waals surface area contributed by atoms with Gasteiger partial charge in [0, 0.05) is 17.3 Å². The summed E-state index contributed by atoms with van der Waals surface area (Å²) in [5.74, 6) is -0.425. The van der Waals surface area contributed by atoms with Crippen LogP contribution in [0.5, 0.6) is 0 Å². The molecule has 0 atom stereocenters. The maximum absolute atomic E-state index is 11.9. The Bertz CT molecular complexity index is 467. The molecular formula is C14H20N2O3S. The highest BCUT2D eigenvalue weighted by Gasteiger charge is 2.16. The van der Waals surface area contributed by atoms with E-state index in [9.17, 15) is 9.59 Å². The molecule has 110 valence electrons. The summed E-state index contributed by atoms with van der Waals surface area (Å²) in [5.41, 5.74) is 1.61. The van der Waals surface area contributed by atoms with Crippen LogP contribution in [-0.4, -0.2) is 23.1 Å². The smallest absolute Gasteiger partial charge is 0.284 e. The van der Waals surface area contributed by atoms with E-state index < -0.39 is 5.91 Å². The third-order valence-electron chi connectivity index (χ3n) is 3.56. The average molecular weight is 296 g/mol. The van der Waals surface area contributed by atoms with Gasteiger partial charge in [-0.05, 0) is 31.4 Å². The van der Waals surface area contributed by atoms with Crippen molar-refractivity contribution < 1.29 is 14.8 Å². The Morgan fingerprint density at radius 3 is 2.70 bits per heavy atom. The van der Waals surface area contributed by atoms with Gasteiger partial charge < -0.3 is 5.32 Å². The molecule has 1 fully saturated rings. The fraction of sp³-hybridized carbons (Fsp3) is 0.571. The Hall–Kier alpha value is -1.40. The molecular weight excluding hydrogens is 276 g/mol. The van der Waals surface area contributed by atoms with Gasteiger partial charge in [-0.3, -0.25) is 14.8 Å². The van der Waals surface area contributed by atoms with Crippen molar-refractivity contribution >= 4 is 23.2 Å². The predicted octanol–water partition coefficient (Wildman–Crippen LogP) is 2.25. The minimum atomic E-state index is -0.507. The molecule has 1 aromatic heterocycles. The number of nitrogens with one attached hydrogen (secondary N) is 2. The number of carbonyl (C=O) groups is 2. The van der Waals surface area contributed by atoms with Crippen LogP contribution in [0.4, 0.5) is 0 Å². The number of hydrogen-bond donors (Lipinski definition) is 3. The standard InChI is InChI=1S/C14H20N2O3S/c17-13(15-10-4-2-1-3-5-10)9-7-11-6-8-12(20-11)14(18)16-19/h6,8,10,19H,1-5,7,9H2,(H,15,17)(H,16,18). The van der Waals surface area contributed by atoms with E-state index in [0.717, 1.165) is 17.7 Å². The lowest BCUT2D eigenvalue weighted by molar-refractivity contribution is -0.121. The summed E-state index contributed by atoms with van der Waals surface area (Å²) in [7, 11) is 0.